The second-order valence-electron chi connectivity index (χ2n) is 4.00. The third-order valence-electron chi connectivity index (χ3n) is 3.05. The van der Waals surface area contributed by atoms with E-state index in [2.05, 4.69) is 17.1 Å². The van der Waals surface area contributed by atoms with Crippen molar-refractivity contribution in [3.8, 4) is 0 Å². The molecule has 0 aromatic carbocycles. The largest absolute Gasteiger partial charge is 0.294 e. The number of aromatic amines is 1. The van der Waals surface area contributed by atoms with E-state index in [1.807, 2.05) is 13.8 Å². The minimum absolute atomic E-state index is 0.142. The highest BCUT2D eigenvalue weighted by Crippen LogP contribution is 2.29. The Morgan fingerprint density at radius 3 is 2.85 bits per heavy atom. The first-order valence-corrected chi connectivity index (χ1v) is 4.69. The Balaban J connectivity index is 2.52. The van der Waals surface area contributed by atoms with Crippen molar-refractivity contribution in [1.29, 1.82) is 0 Å². The Kier molecular flexibility index (Phi) is 1.75. The number of nitrogens with zero attached hydrogens (tertiary/aromatic N) is 1. The van der Waals surface area contributed by atoms with Crippen LogP contribution >= 0.6 is 0 Å². The van der Waals surface area contributed by atoms with Crippen LogP contribution in [0.4, 0.5) is 0 Å². The fourth-order valence-electron chi connectivity index (χ4n) is 1.92. The van der Waals surface area contributed by atoms with E-state index in [0.717, 1.165) is 23.4 Å². The average Bonchev–Trinajstić information content (AvgIpc) is 2.43. The maximum absolute atomic E-state index is 11.8. The minimum atomic E-state index is 0.142. The van der Waals surface area contributed by atoms with Gasteiger partial charge in [-0.25, -0.2) is 0 Å². The van der Waals surface area contributed by atoms with E-state index >= 15 is 0 Å². The van der Waals surface area contributed by atoms with Gasteiger partial charge >= 0.3 is 0 Å². The molecule has 0 fully saturated rings. The molecule has 3 nitrogen and oxygen atoms in total. The maximum Gasteiger partial charge on any atom is 0.169 e. The summed E-state index contributed by atoms with van der Waals surface area (Å²) in [7, 11) is 0. The lowest BCUT2D eigenvalue weighted by molar-refractivity contribution is 0.0876. The van der Waals surface area contributed by atoms with Gasteiger partial charge in [0.05, 0.1) is 11.3 Å². The number of aryl methyl sites for hydroxylation is 1. The van der Waals surface area contributed by atoms with Crippen molar-refractivity contribution < 1.29 is 4.79 Å². The van der Waals surface area contributed by atoms with Crippen LogP contribution in [0, 0.1) is 18.8 Å². The third-order valence-corrected chi connectivity index (χ3v) is 3.05. The van der Waals surface area contributed by atoms with Gasteiger partial charge in [0.2, 0.25) is 0 Å². The van der Waals surface area contributed by atoms with E-state index in [1.165, 1.54) is 0 Å². The van der Waals surface area contributed by atoms with Gasteiger partial charge in [-0.1, -0.05) is 13.8 Å². The van der Waals surface area contributed by atoms with Crippen LogP contribution < -0.4 is 0 Å². The predicted molar refractivity (Wildman–Crippen MR) is 49.7 cm³/mol. The van der Waals surface area contributed by atoms with E-state index in [0.29, 0.717) is 5.92 Å². The molecule has 0 saturated heterocycles. The van der Waals surface area contributed by atoms with Gasteiger partial charge < -0.3 is 0 Å². The normalized spacial score (nSPS) is 27.5. The maximum atomic E-state index is 11.8. The van der Waals surface area contributed by atoms with E-state index in [-0.39, 0.29) is 11.7 Å². The van der Waals surface area contributed by atoms with Gasteiger partial charge in [-0.2, -0.15) is 5.10 Å². The molecule has 0 spiro atoms. The lowest BCUT2D eigenvalue weighted by Gasteiger charge is -2.23. The number of carbonyl (C=O) groups excluding carboxylic acids is 1. The number of fused-ring (bicyclic) bond motifs is 1. The van der Waals surface area contributed by atoms with E-state index < -0.39 is 0 Å². The van der Waals surface area contributed by atoms with Crippen molar-refractivity contribution in [1.82, 2.24) is 10.2 Å². The van der Waals surface area contributed by atoms with E-state index in [4.69, 9.17) is 0 Å². The molecule has 1 aromatic rings. The Bertz CT molecular complexity index is 354. The number of ketones is 1. The number of H-pyrrole nitrogens is 1. The summed E-state index contributed by atoms with van der Waals surface area (Å²) in [5, 5.41) is 7.03. The topological polar surface area (TPSA) is 45.8 Å². The van der Waals surface area contributed by atoms with Crippen molar-refractivity contribution in [3.05, 3.63) is 17.0 Å². The molecule has 0 aliphatic heterocycles. The number of Topliss-reactive ketones (excluding diaryl/α,β-unsaturated/α-hetero) is 1. The SMILES string of the molecule is Cc1[nH]nc2c1C(=O)C(C)C(C)C2. The number of hydrogen-bond acceptors (Lipinski definition) is 2. The molecule has 1 aliphatic carbocycles. The third kappa shape index (κ3) is 1.10. The van der Waals surface area contributed by atoms with Gasteiger partial charge in [-0.3, -0.25) is 9.89 Å². The molecule has 0 saturated carbocycles. The van der Waals surface area contributed by atoms with Crippen molar-refractivity contribution in [3.63, 3.8) is 0 Å². The summed E-state index contributed by atoms with van der Waals surface area (Å²) in [6.45, 7) is 6.02. The highest BCUT2D eigenvalue weighted by atomic mass is 16.1. The zero-order chi connectivity index (χ0) is 9.59. The van der Waals surface area contributed by atoms with E-state index in [9.17, 15) is 4.79 Å². The smallest absolute Gasteiger partial charge is 0.169 e. The van der Waals surface area contributed by atoms with Crippen LogP contribution in [-0.4, -0.2) is 16.0 Å². The molecule has 0 amide bonds. The van der Waals surface area contributed by atoms with Crippen LogP contribution in [-0.2, 0) is 6.42 Å². The first-order chi connectivity index (χ1) is 6.11. The van der Waals surface area contributed by atoms with E-state index in [1.54, 1.807) is 0 Å². The number of aromatic nitrogens is 2. The molecule has 1 aliphatic rings. The molecule has 0 bridgehead atoms. The fourth-order valence-corrected chi connectivity index (χ4v) is 1.92. The number of hydrogen-bond donors (Lipinski definition) is 1. The van der Waals surface area contributed by atoms with Gasteiger partial charge in [0.15, 0.2) is 5.78 Å². The van der Waals surface area contributed by atoms with Crippen molar-refractivity contribution in [2.45, 2.75) is 27.2 Å². The van der Waals surface area contributed by atoms with Crippen molar-refractivity contribution in [2.24, 2.45) is 11.8 Å². The Morgan fingerprint density at radius 1 is 1.46 bits per heavy atom. The minimum Gasteiger partial charge on any atom is -0.294 e. The monoisotopic (exact) mass is 178 g/mol. The van der Waals surface area contributed by atoms with Gasteiger partial charge in [0.1, 0.15) is 0 Å². The molecule has 1 heterocycles. The molecule has 0 radical (unpaired) electrons. The standard InChI is InChI=1S/C10H14N2O/c1-5-4-8-9(7(3)11-12-8)10(13)6(5)2/h5-6H,4H2,1-3H3,(H,11,12). The molecule has 1 aromatic heterocycles. The van der Waals surface area contributed by atoms with Crippen LogP contribution in [0.15, 0.2) is 0 Å². The van der Waals surface area contributed by atoms with Gasteiger partial charge in [-0.05, 0) is 19.3 Å². The van der Waals surface area contributed by atoms with Crippen molar-refractivity contribution in [2.75, 3.05) is 0 Å². The average molecular weight is 178 g/mol. The second-order valence-corrected chi connectivity index (χ2v) is 4.00. The summed E-state index contributed by atoms with van der Waals surface area (Å²) >= 11 is 0. The Morgan fingerprint density at radius 2 is 2.15 bits per heavy atom. The number of rotatable bonds is 0. The molecular weight excluding hydrogens is 164 g/mol. The van der Waals surface area contributed by atoms with Gasteiger partial charge in [-0.15, -0.1) is 0 Å². The Labute approximate surface area is 77.5 Å². The zero-order valence-electron chi connectivity index (χ0n) is 8.22. The fraction of sp³-hybridized carbons (Fsp3) is 0.600. The first kappa shape index (κ1) is 8.48. The highest BCUT2D eigenvalue weighted by molar-refractivity contribution is 6.00. The van der Waals surface area contributed by atoms with Crippen LogP contribution in [0.5, 0.6) is 0 Å². The lowest BCUT2D eigenvalue weighted by Crippen LogP contribution is -2.27. The molecule has 3 heteroatoms. The second kappa shape index (κ2) is 2.69. The van der Waals surface area contributed by atoms with Crippen LogP contribution in [0.1, 0.15) is 35.6 Å². The van der Waals surface area contributed by atoms with Crippen LogP contribution in [0.25, 0.3) is 0 Å². The molecular formula is C10H14N2O. The van der Waals surface area contributed by atoms with Gasteiger partial charge in [0, 0.05) is 11.6 Å². The van der Waals surface area contributed by atoms with Crippen LogP contribution in [0.2, 0.25) is 0 Å². The molecule has 2 unspecified atom stereocenters. The summed E-state index contributed by atoms with van der Waals surface area (Å²) in [5.74, 6) is 0.812. The van der Waals surface area contributed by atoms with Crippen molar-refractivity contribution >= 4 is 5.78 Å². The quantitative estimate of drug-likeness (QED) is 0.657. The highest BCUT2D eigenvalue weighted by Gasteiger charge is 2.32. The molecule has 2 rings (SSSR count). The molecule has 1 N–H and O–H groups in total. The molecule has 70 valence electrons. The summed E-state index contributed by atoms with van der Waals surface area (Å²) in [6.07, 6.45) is 0.923. The molecule has 2 atom stereocenters. The number of carbonyl (C=O) groups is 1. The lowest BCUT2D eigenvalue weighted by atomic mass is 9.79. The van der Waals surface area contributed by atoms with Crippen LogP contribution in [0.3, 0.4) is 0 Å². The summed E-state index contributed by atoms with van der Waals surface area (Å²) in [6, 6.07) is 0. The summed E-state index contributed by atoms with van der Waals surface area (Å²) in [4.78, 5) is 11.8. The first-order valence-electron chi connectivity index (χ1n) is 4.69. The summed E-state index contributed by atoms with van der Waals surface area (Å²) in [5.41, 5.74) is 2.71. The Hall–Kier alpha value is -1.12. The zero-order valence-corrected chi connectivity index (χ0v) is 8.22. The number of nitrogens with one attached hydrogen (secondary N) is 1. The molecule has 13 heavy (non-hydrogen) atoms. The predicted octanol–water partition coefficient (Wildman–Crippen LogP) is 1.73. The van der Waals surface area contributed by atoms with Gasteiger partial charge in [0.25, 0.3) is 0 Å². The summed E-state index contributed by atoms with van der Waals surface area (Å²) < 4.78 is 0.